The Morgan fingerprint density at radius 2 is 1.55 bits per heavy atom. The first-order valence-corrected chi connectivity index (χ1v) is 11.9. The summed E-state index contributed by atoms with van der Waals surface area (Å²) in [6.45, 7) is 0.495. The molecule has 4 aliphatic carbocycles. The Labute approximate surface area is 195 Å². The highest BCUT2D eigenvalue weighted by atomic mass is 16.5. The average Bonchev–Trinajstić information content (AvgIpc) is 2.82. The third-order valence-electron chi connectivity index (χ3n) is 7.85. The van der Waals surface area contributed by atoms with Crippen molar-refractivity contribution in [1.82, 2.24) is 5.32 Å². The molecule has 2 aromatic rings. The second kappa shape index (κ2) is 8.73. The van der Waals surface area contributed by atoms with E-state index < -0.39 is 0 Å². The second-order valence-electron chi connectivity index (χ2n) is 10.1. The van der Waals surface area contributed by atoms with Gasteiger partial charge >= 0.3 is 0 Å². The summed E-state index contributed by atoms with van der Waals surface area (Å²) in [5.74, 6) is 3.46. The van der Waals surface area contributed by atoms with Crippen molar-refractivity contribution in [3.8, 4) is 11.5 Å². The molecule has 0 saturated heterocycles. The highest BCUT2D eigenvalue weighted by Gasteiger charge is 2.54. The minimum Gasteiger partial charge on any atom is -0.497 e. The van der Waals surface area contributed by atoms with E-state index in [9.17, 15) is 9.59 Å². The van der Waals surface area contributed by atoms with E-state index in [2.05, 4.69) is 10.6 Å². The Hall–Kier alpha value is -3.02. The first-order valence-electron chi connectivity index (χ1n) is 11.9. The third kappa shape index (κ3) is 4.31. The number of amides is 2. The number of carbonyl (C=O) groups excluding carboxylic acids is 2. The molecule has 0 atom stereocenters. The average molecular weight is 449 g/mol. The Bertz CT molecular complexity index is 1010. The standard InChI is InChI=1S/C27H32N2O4/c1-32-22-7-8-23(24(12-22)33-2)29-25(30)21-5-3-17(4-6-21)16-28-26(31)27-13-18-9-19(14-27)11-20(10-18)15-27/h3-8,12,18-20H,9-11,13-16H2,1-2H3,(H,28,31)(H,29,30). The molecule has 6 rings (SSSR count). The molecule has 33 heavy (non-hydrogen) atoms. The van der Waals surface area contributed by atoms with Crippen LogP contribution in [-0.4, -0.2) is 26.0 Å². The lowest BCUT2D eigenvalue weighted by Crippen LogP contribution is -2.53. The van der Waals surface area contributed by atoms with E-state index >= 15 is 0 Å². The zero-order valence-corrected chi connectivity index (χ0v) is 19.4. The van der Waals surface area contributed by atoms with Gasteiger partial charge in [0.15, 0.2) is 0 Å². The van der Waals surface area contributed by atoms with Gasteiger partial charge in [-0.15, -0.1) is 0 Å². The molecule has 0 spiro atoms. The fraction of sp³-hybridized carbons (Fsp3) is 0.481. The molecule has 4 saturated carbocycles. The summed E-state index contributed by atoms with van der Waals surface area (Å²) >= 11 is 0. The maximum absolute atomic E-state index is 13.2. The van der Waals surface area contributed by atoms with Crippen LogP contribution in [0.4, 0.5) is 5.69 Å². The van der Waals surface area contributed by atoms with Gasteiger partial charge in [-0.2, -0.15) is 0 Å². The smallest absolute Gasteiger partial charge is 0.255 e. The van der Waals surface area contributed by atoms with Gasteiger partial charge in [0.2, 0.25) is 5.91 Å². The molecule has 0 aromatic heterocycles. The summed E-state index contributed by atoms with van der Waals surface area (Å²) in [5, 5.41) is 6.09. The molecular formula is C27H32N2O4. The zero-order chi connectivity index (χ0) is 23.0. The Kier molecular flexibility index (Phi) is 5.77. The van der Waals surface area contributed by atoms with Gasteiger partial charge in [-0.3, -0.25) is 9.59 Å². The molecule has 4 fully saturated rings. The number of rotatable bonds is 7. The van der Waals surface area contributed by atoms with Crippen molar-refractivity contribution < 1.29 is 19.1 Å². The summed E-state index contributed by atoms with van der Waals surface area (Å²) in [7, 11) is 3.14. The van der Waals surface area contributed by atoms with Gasteiger partial charge in [0.1, 0.15) is 11.5 Å². The van der Waals surface area contributed by atoms with Crippen LogP contribution in [-0.2, 0) is 11.3 Å². The van der Waals surface area contributed by atoms with Gasteiger partial charge in [-0.1, -0.05) is 12.1 Å². The molecule has 2 amide bonds. The Balaban J connectivity index is 1.19. The number of hydrogen-bond acceptors (Lipinski definition) is 4. The fourth-order valence-corrected chi connectivity index (χ4v) is 6.63. The fourth-order valence-electron chi connectivity index (χ4n) is 6.63. The second-order valence-corrected chi connectivity index (χ2v) is 10.1. The maximum Gasteiger partial charge on any atom is 0.255 e. The number of anilines is 1. The summed E-state index contributed by atoms with van der Waals surface area (Å²) in [4.78, 5) is 25.9. The Morgan fingerprint density at radius 3 is 2.12 bits per heavy atom. The van der Waals surface area contributed by atoms with Crippen LogP contribution in [0.5, 0.6) is 11.5 Å². The summed E-state index contributed by atoms with van der Waals surface area (Å²) in [6.07, 6.45) is 7.20. The van der Waals surface area contributed by atoms with E-state index in [1.807, 2.05) is 12.1 Å². The Morgan fingerprint density at radius 1 is 0.909 bits per heavy atom. The highest BCUT2D eigenvalue weighted by Crippen LogP contribution is 2.60. The summed E-state index contributed by atoms with van der Waals surface area (Å²) < 4.78 is 10.5. The quantitative estimate of drug-likeness (QED) is 0.639. The van der Waals surface area contributed by atoms with Crippen LogP contribution < -0.4 is 20.1 Å². The number of ether oxygens (including phenoxy) is 2. The van der Waals surface area contributed by atoms with E-state index in [4.69, 9.17) is 9.47 Å². The van der Waals surface area contributed by atoms with Crippen LogP contribution in [0.1, 0.15) is 54.4 Å². The first-order chi connectivity index (χ1) is 16.0. The molecule has 4 bridgehead atoms. The molecule has 2 aromatic carbocycles. The van der Waals surface area contributed by atoms with Crippen LogP contribution in [0.15, 0.2) is 42.5 Å². The predicted molar refractivity (Wildman–Crippen MR) is 126 cm³/mol. The van der Waals surface area contributed by atoms with Gasteiger partial charge in [-0.25, -0.2) is 0 Å². The highest BCUT2D eigenvalue weighted by molar-refractivity contribution is 6.05. The summed E-state index contributed by atoms with van der Waals surface area (Å²) in [6, 6.07) is 12.6. The zero-order valence-electron chi connectivity index (χ0n) is 19.4. The lowest BCUT2D eigenvalue weighted by molar-refractivity contribution is -0.146. The third-order valence-corrected chi connectivity index (χ3v) is 7.85. The van der Waals surface area contributed by atoms with Gasteiger partial charge in [0.05, 0.1) is 19.9 Å². The van der Waals surface area contributed by atoms with Crippen LogP contribution in [0, 0.1) is 23.2 Å². The van der Waals surface area contributed by atoms with Crippen molar-refractivity contribution in [2.45, 2.75) is 45.1 Å². The normalized spacial score (nSPS) is 27.2. The minimum atomic E-state index is -0.220. The number of benzene rings is 2. The molecule has 0 unspecified atom stereocenters. The maximum atomic E-state index is 13.2. The van der Waals surface area contributed by atoms with Crippen molar-refractivity contribution in [3.05, 3.63) is 53.6 Å². The van der Waals surface area contributed by atoms with Gasteiger partial charge in [0.25, 0.3) is 5.91 Å². The molecule has 2 N–H and O–H groups in total. The molecule has 0 heterocycles. The summed E-state index contributed by atoms with van der Waals surface area (Å²) in [5.41, 5.74) is 1.98. The van der Waals surface area contributed by atoms with Crippen LogP contribution in [0.3, 0.4) is 0 Å². The number of methoxy groups -OCH3 is 2. The number of hydrogen-bond donors (Lipinski definition) is 2. The molecule has 6 heteroatoms. The van der Waals surface area contributed by atoms with E-state index in [1.165, 1.54) is 19.3 Å². The lowest BCUT2D eigenvalue weighted by Gasteiger charge is -2.55. The van der Waals surface area contributed by atoms with Gasteiger partial charge in [-0.05, 0) is 86.1 Å². The molecular weight excluding hydrogens is 416 g/mol. The molecule has 174 valence electrons. The molecule has 0 aliphatic heterocycles. The SMILES string of the molecule is COc1ccc(NC(=O)c2ccc(CNC(=O)C34CC5CC(CC(C5)C3)C4)cc2)c(OC)c1. The molecule has 4 aliphatic rings. The molecule has 6 nitrogen and oxygen atoms in total. The minimum absolute atomic E-state index is 0.133. The van der Waals surface area contributed by atoms with Crippen LogP contribution >= 0.6 is 0 Å². The lowest BCUT2D eigenvalue weighted by atomic mass is 9.49. The van der Waals surface area contributed by atoms with E-state index in [0.717, 1.165) is 42.6 Å². The van der Waals surface area contributed by atoms with Crippen LogP contribution in [0.2, 0.25) is 0 Å². The van der Waals surface area contributed by atoms with Gasteiger partial charge in [0, 0.05) is 23.6 Å². The first kappa shape index (κ1) is 21.8. The van der Waals surface area contributed by atoms with Crippen molar-refractivity contribution >= 4 is 17.5 Å². The predicted octanol–water partition coefficient (Wildman–Crippen LogP) is 4.79. The topological polar surface area (TPSA) is 76.7 Å². The van der Waals surface area contributed by atoms with E-state index in [-0.39, 0.29) is 17.2 Å². The van der Waals surface area contributed by atoms with Crippen LogP contribution in [0.25, 0.3) is 0 Å². The molecule has 0 radical (unpaired) electrons. The number of nitrogens with one attached hydrogen (secondary N) is 2. The van der Waals surface area contributed by atoms with Crippen molar-refractivity contribution in [3.63, 3.8) is 0 Å². The number of carbonyl (C=O) groups is 2. The van der Waals surface area contributed by atoms with Crippen molar-refractivity contribution in [2.75, 3.05) is 19.5 Å². The van der Waals surface area contributed by atoms with Gasteiger partial charge < -0.3 is 20.1 Å². The van der Waals surface area contributed by atoms with E-state index in [0.29, 0.717) is 29.3 Å². The largest absolute Gasteiger partial charge is 0.497 e. The van der Waals surface area contributed by atoms with E-state index in [1.54, 1.807) is 44.6 Å². The van der Waals surface area contributed by atoms with Crippen molar-refractivity contribution in [1.29, 1.82) is 0 Å². The van der Waals surface area contributed by atoms with Crippen molar-refractivity contribution in [2.24, 2.45) is 23.2 Å². The monoisotopic (exact) mass is 448 g/mol.